The summed E-state index contributed by atoms with van der Waals surface area (Å²) >= 11 is 6.07. The summed E-state index contributed by atoms with van der Waals surface area (Å²) < 4.78 is 30.3. The Labute approximate surface area is 168 Å². The Bertz CT molecular complexity index is 975. The van der Waals surface area contributed by atoms with E-state index in [0.717, 1.165) is 4.31 Å². The van der Waals surface area contributed by atoms with Crippen LogP contribution < -0.4 is 10.6 Å². The van der Waals surface area contributed by atoms with E-state index in [1.165, 1.54) is 39.4 Å². The Kier molecular flexibility index (Phi) is 7.14. The topological polar surface area (TPSA) is 105 Å². The first-order chi connectivity index (χ1) is 13.1. The third-order valence-corrected chi connectivity index (χ3v) is 5.80. The molecule has 0 aliphatic carbocycles. The molecule has 0 bridgehead atoms. The standard InChI is InChI=1S/C18H20ClN3O5S/c1-22(2)28(25,26)14-8-9-16(19)15(10-14)18(24)21-13-6-4-12(5-7-13)20-17(23)11-27-3/h4-10H,11H2,1-3H3,(H,20,23)(H,21,24). The van der Waals surface area contributed by atoms with E-state index in [9.17, 15) is 18.0 Å². The van der Waals surface area contributed by atoms with Crippen LogP contribution in [0.25, 0.3) is 0 Å². The zero-order valence-corrected chi connectivity index (χ0v) is 17.1. The molecular formula is C18H20ClN3O5S. The van der Waals surface area contributed by atoms with Crippen LogP contribution in [0.1, 0.15) is 10.4 Å². The minimum Gasteiger partial charge on any atom is -0.375 e. The van der Waals surface area contributed by atoms with Crippen LogP contribution in [0.5, 0.6) is 0 Å². The van der Waals surface area contributed by atoms with Gasteiger partial charge in [-0.3, -0.25) is 9.59 Å². The molecule has 0 saturated carbocycles. The molecule has 2 aromatic rings. The SMILES string of the molecule is COCC(=O)Nc1ccc(NC(=O)c2cc(S(=O)(=O)N(C)C)ccc2Cl)cc1. The first-order valence-electron chi connectivity index (χ1n) is 8.07. The van der Waals surface area contributed by atoms with Gasteiger partial charge in [-0.25, -0.2) is 12.7 Å². The maximum Gasteiger partial charge on any atom is 0.257 e. The number of carbonyl (C=O) groups is 2. The van der Waals surface area contributed by atoms with Gasteiger partial charge >= 0.3 is 0 Å². The second-order valence-electron chi connectivity index (χ2n) is 5.94. The second kappa shape index (κ2) is 9.16. The van der Waals surface area contributed by atoms with Crippen molar-refractivity contribution in [2.24, 2.45) is 0 Å². The normalized spacial score (nSPS) is 11.3. The Morgan fingerprint density at radius 3 is 2.14 bits per heavy atom. The van der Waals surface area contributed by atoms with Crippen molar-refractivity contribution < 1.29 is 22.7 Å². The molecule has 10 heteroatoms. The van der Waals surface area contributed by atoms with Gasteiger partial charge in [0.05, 0.1) is 15.5 Å². The largest absolute Gasteiger partial charge is 0.375 e. The Balaban J connectivity index is 2.18. The quantitative estimate of drug-likeness (QED) is 0.708. The molecule has 0 spiro atoms. The van der Waals surface area contributed by atoms with Crippen molar-refractivity contribution in [3.63, 3.8) is 0 Å². The highest BCUT2D eigenvalue weighted by molar-refractivity contribution is 7.89. The zero-order valence-electron chi connectivity index (χ0n) is 15.5. The summed E-state index contributed by atoms with van der Waals surface area (Å²) in [5.41, 5.74) is 1.02. The van der Waals surface area contributed by atoms with E-state index >= 15 is 0 Å². The number of sulfonamides is 1. The molecule has 0 atom stereocenters. The first kappa shape index (κ1) is 21.8. The smallest absolute Gasteiger partial charge is 0.257 e. The number of carbonyl (C=O) groups excluding carboxylic acids is 2. The van der Waals surface area contributed by atoms with Crippen LogP contribution in [0.15, 0.2) is 47.4 Å². The van der Waals surface area contributed by atoms with E-state index in [0.29, 0.717) is 11.4 Å². The minimum absolute atomic E-state index is 0.0297. The van der Waals surface area contributed by atoms with Crippen LogP contribution in [-0.4, -0.2) is 52.3 Å². The van der Waals surface area contributed by atoms with Gasteiger partial charge in [0, 0.05) is 32.6 Å². The first-order valence-corrected chi connectivity index (χ1v) is 9.89. The minimum atomic E-state index is -3.70. The molecule has 2 aromatic carbocycles. The number of rotatable bonds is 7. The number of hydrogen-bond acceptors (Lipinski definition) is 5. The van der Waals surface area contributed by atoms with Crippen LogP contribution in [0.3, 0.4) is 0 Å². The van der Waals surface area contributed by atoms with Crippen LogP contribution in [0.2, 0.25) is 5.02 Å². The fourth-order valence-electron chi connectivity index (χ4n) is 2.21. The van der Waals surface area contributed by atoms with E-state index in [4.69, 9.17) is 16.3 Å². The predicted octanol–water partition coefficient (Wildman–Crippen LogP) is 2.43. The summed E-state index contributed by atoms with van der Waals surface area (Å²) in [5, 5.41) is 5.40. The van der Waals surface area contributed by atoms with Gasteiger partial charge in [0.2, 0.25) is 15.9 Å². The summed E-state index contributed by atoms with van der Waals surface area (Å²) in [6.07, 6.45) is 0. The van der Waals surface area contributed by atoms with Crippen molar-refractivity contribution in [1.82, 2.24) is 4.31 Å². The molecule has 0 aromatic heterocycles. The average molecular weight is 426 g/mol. The molecule has 150 valence electrons. The molecule has 2 amide bonds. The van der Waals surface area contributed by atoms with E-state index in [1.54, 1.807) is 24.3 Å². The Morgan fingerprint density at radius 2 is 1.61 bits per heavy atom. The molecule has 0 aliphatic heterocycles. The Morgan fingerprint density at radius 1 is 1.04 bits per heavy atom. The number of ether oxygens (including phenoxy) is 1. The lowest BCUT2D eigenvalue weighted by molar-refractivity contribution is -0.119. The van der Waals surface area contributed by atoms with Crippen molar-refractivity contribution >= 4 is 44.8 Å². The number of amides is 2. The van der Waals surface area contributed by atoms with Gasteiger partial charge in [-0.05, 0) is 42.5 Å². The molecule has 8 nitrogen and oxygen atoms in total. The molecule has 0 heterocycles. The lowest BCUT2D eigenvalue weighted by atomic mass is 10.2. The fourth-order valence-corrected chi connectivity index (χ4v) is 3.34. The van der Waals surface area contributed by atoms with Gasteiger partial charge in [0.1, 0.15) is 6.61 Å². The van der Waals surface area contributed by atoms with Crippen molar-refractivity contribution in [1.29, 1.82) is 0 Å². The third kappa shape index (κ3) is 5.29. The lowest BCUT2D eigenvalue weighted by Crippen LogP contribution is -2.23. The summed E-state index contributed by atoms with van der Waals surface area (Å²) in [5.74, 6) is -0.859. The third-order valence-electron chi connectivity index (χ3n) is 3.66. The van der Waals surface area contributed by atoms with Gasteiger partial charge in [0.15, 0.2) is 0 Å². The number of nitrogens with zero attached hydrogens (tertiary/aromatic N) is 1. The maximum absolute atomic E-state index is 12.5. The summed E-state index contributed by atoms with van der Waals surface area (Å²) in [4.78, 5) is 24.0. The number of anilines is 2. The highest BCUT2D eigenvalue weighted by Crippen LogP contribution is 2.23. The zero-order chi connectivity index (χ0) is 20.9. The molecule has 0 unspecified atom stereocenters. The van der Waals surface area contributed by atoms with E-state index in [-0.39, 0.29) is 28.0 Å². The van der Waals surface area contributed by atoms with Gasteiger partial charge in [0.25, 0.3) is 5.91 Å². The highest BCUT2D eigenvalue weighted by atomic mass is 35.5. The number of halogens is 1. The van der Waals surface area contributed by atoms with Crippen LogP contribution in [-0.2, 0) is 19.6 Å². The number of nitrogens with one attached hydrogen (secondary N) is 2. The van der Waals surface area contributed by atoms with Crippen molar-refractivity contribution in [3.8, 4) is 0 Å². The molecule has 2 rings (SSSR count). The second-order valence-corrected chi connectivity index (χ2v) is 8.50. The summed E-state index contributed by atoms with van der Waals surface area (Å²) in [7, 11) is 0.517. The van der Waals surface area contributed by atoms with E-state index in [1.807, 2.05) is 0 Å². The van der Waals surface area contributed by atoms with E-state index in [2.05, 4.69) is 10.6 Å². The fraction of sp³-hybridized carbons (Fsp3) is 0.222. The predicted molar refractivity (Wildman–Crippen MR) is 107 cm³/mol. The summed E-state index contributed by atoms with van der Waals surface area (Å²) in [6.45, 7) is -0.0663. The van der Waals surface area contributed by atoms with Gasteiger partial charge in [-0.15, -0.1) is 0 Å². The lowest BCUT2D eigenvalue weighted by Gasteiger charge is -2.13. The van der Waals surface area contributed by atoms with Crippen LogP contribution in [0, 0.1) is 0 Å². The maximum atomic E-state index is 12.5. The van der Waals surface area contributed by atoms with Crippen molar-refractivity contribution in [2.45, 2.75) is 4.90 Å². The van der Waals surface area contributed by atoms with Gasteiger partial charge in [-0.2, -0.15) is 0 Å². The van der Waals surface area contributed by atoms with Crippen molar-refractivity contribution in [2.75, 3.05) is 38.4 Å². The Hall–Kier alpha value is -2.46. The molecule has 0 fully saturated rings. The average Bonchev–Trinajstić information content (AvgIpc) is 2.63. The molecule has 2 N–H and O–H groups in total. The van der Waals surface area contributed by atoms with Gasteiger partial charge in [-0.1, -0.05) is 11.6 Å². The molecular weight excluding hydrogens is 406 g/mol. The van der Waals surface area contributed by atoms with Crippen molar-refractivity contribution in [3.05, 3.63) is 53.1 Å². The highest BCUT2D eigenvalue weighted by Gasteiger charge is 2.21. The number of methoxy groups -OCH3 is 1. The monoisotopic (exact) mass is 425 g/mol. The molecule has 0 saturated heterocycles. The number of hydrogen-bond donors (Lipinski definition) is 2. The molecule has 28 heavy (non-hydrogen) atoms. The summed E-state index contributed by atoms with van der Waals surface area (Å²) in [6, 6.07) is 10.3. The van der Waals surface area contributed by atoms with Crippen LogP contribution in [0.4, 0.5) is 11.4 Å². The van der Waals surface area contributed by atoms with Gasteiger partial charge < -0.3 is 15.4 Å². The number of benzene rings is 2. The molecule has 0 radical (unpaired) electrons. The molecule has 0 aliphatic rings. The van der Waals surface area contributed by atoms with Crippen LogP contribution >= 0.6 is 11.6 Å². The van der Waals surface area contributed by atoms with E-state index < -0.39 is 15.9 Å².